The molecular weight excluding hydrogens is 376 g/mol. The molecule has 1 fully saturated rings. The van der Waals surface area contributed by atoms with Crippen molar-refractivity contribution in [2.45, 2.75) is 25.3 Å². The largest absolute Gasteiger partial charge is 0.355 e. The average molecular weight is 394 g/mol. The number of nitrogens with zero attached hydrogens (tertiary/aromatic N) is 5. The van der Waals surface area contributed by atoms with Crippen molar-refractivity contribution in [3.8, 4) is 5.69 Å². The molecule has 1 aliphatic carbocycles. The Kier molecular flexibility index (Phi) is 4.05. The highest BCUT2D eigenvalue weighted by Crippen LogP contribution is 2.35. The summed E-state index contributed by atoms with van der Waals surface area (Å²) in [6.07, 6.45) is 4.49. The van der Waals surface area contributed by atoms with Crippen molar-refractivity contribution in [3.05, 3.63) is 57.5 Å². The number of rotatable bonds is 6. The zero-order chi connectivity index (χ0) is 19.1. The van der Waals surface area contributed by atoms with Gasteiger partial charge in [0.1, 0.15) is 11.2 Å². The maximum absolute atomic E-state index is 12.4. The molecule has 3 N–H and O–H groups in total. The number of fused-ring (bicyclic) bond motifs is 1. The van der Waals surface area contributed by atoms with Crippen LogP contribution in [-0.4, -0.2) is 41.1 Å². The van der Waals surface area contributed by atoms with Gasteiger partial charge in [0.05, 0.1) is 11.9 Å². The van der Waals surface area contributed by atoms with Crippen LogP contribution in [0.3, 0.4) is 0 Å². The van der Waals surface area contributed by atoms with Crippen LogP contribution in [0.15, 0.2) is 41.3 Å². The third kappa shape index (κ3) is 3.01. The van der Waals surface area contributed by atoms with Crippen LogP contribution in [0.2, 0.25) is 0 Å². The quantitative estimate of drug-likeness (QED) is 0.433. The van der Waals surface area contributed by atoms with Gasteiger partial charge in [0.25, 0.3) is 5.56 Å². The van der Waals surface area contributed by atoms with Gasteiger partial charge in [-0.05, 0) is 37.2 Å². The van der Waals surface area contributed by atoms with E-state index in [0.717, 1.165) is 24.4 Å². The van der Waals surface area contributed by atoms with Crippen LogP contribution in [0.1, 0.15) is 24.7 Å². The van der Waals surface area contributed by atoms with Gasteiger partial charge < -0.3 is 9.88 Å². The minimum atomic E-state index is -0.227. The second-order valence-corrected chi connectivity index (χ2v) is 7.15. The molecule has 28 heavy (non-hydrogen) atoms. The summed E-state index contributed by atoms with van der Waals surface area (Å²) in [6, 6.07) is 10.1. The maximum atomic E-state index is 12.4. The van der Waals surface area contributed by atoms with Crippen LogP contribution in [0.4, 0.5) is 5.95 Å². The van der Waals surface area contributed by atoms with E-state index in [9.17, 15) is 4.79 Å². The minimum Gasteiger partial charge on any atom is -0.355 e. The normalized spacial score (nSPS) is 13.9. The summed E-state index contributed by atoms with van der Waals surface area (Å²) in [6.45, 7) is 0.570. The summed E-state index contributed by atoms with van der Waals surface area (Å²) in [5.41, 5.74) is 1.13. The molecule has 0 spiro atoms. The van der Waals surface area contributed by atoms with E-state index in [0.29, 0.717) is 40.8 Å². The van der Waals surface area contributed by atoms with E-state index in [2.05, 4.69) is 35.1 Å². The summed E-state index contributed by atoms with van der Waals surface area (Å²) in [4.78, 5) is 19.7. The van der Waals surface area contributed by atoms with Crippen molar-refractivity contribution in [1.29, 1.82) is 0 Å². The van der Waals surface area contributed by atoms with Gasteiger partial charge in [-0.2, -0.15) is 15.2 Å². The van der Waals surface area contributed by atoms with E-state index in [1.54, 1.807) is 4.68 Å². The smallest absolute Gasteiger partial charge is 0.263 e. The molecule has 3 aromatic heterocycles. The predicted molar refractivity (Wildman–Crippen MR) is 107 cm³/mol. The van der Waals surface area contributed by atoms with Gasteiger partial charge >= 0.3 is 0 Å². The van der Waals surface area contributed by atoms with E-state index in [1.807, 2.05) is 30.3 Å². The number of anilines is 1. The van der Waals surface area contributed by atoms with E-state index in [4.69, 9.17) is 12.2 Å². The summed E-state index contributed by atoms with van der Waals surface area (Å²) in [5.74, 6) is 1.32. The lowest BCUT2D eigenvalue weighted by atomic mass is 10.3. The van der Waals surface area contributed by atoms with Gasteiger partial charge in [0, 0.05) is 19.0 Å². The number of nitrogens with one attached hydrogen (secondary N) is 3. The molecule has 0 bridgehead atoms. The molecule has 0 radical (unpaired) electrons. The van der Waals surface area contributed by atoms with Crippen LogP contribution >= 0.6 is 12.2 Å². The van der Waals surface area contributed by atoms with Crippen LogP contribution in [0, 0.1) is 4.77 Å². The summed E-state index contributed by atoms with van der Waals surface area (Å²) < 4.78 is 4.41. The number of aromatic amines is 2. The lowest BCUT2D eigenvalue weighted by Crippen LogP contribution is -2.16. The average Bonchev–Trinajstić information content (AvgIpc) is 3.33. The lowest BCUT2D eigenvalue weighted by molar-refractivity contribution is 0.673. The Morgan fingerprint density at radius 3 is 2.86 bits per heavy atom. The minimum absolute atomic E-state index is 0.227. The van der Waals surface area contributed by atoms with Gasteiger partial charge in [-0.15, -0.1) is 0 Å². The second-order valence-electron chi connectivity index (χ2n) is 6.77. The number of hydrogen-bond acceptors (Lipinski definition) is 6. The van der Waals surface area contributed by atoms with Crippen molar-refractivity contribution < 1.29 is 0 Å². The van der Waals surface area contributed by atoms with Crippen LogP contribution in [0.5, 0.6) is 0 Å². The SMILES string of the molecule is O=c1[nH]c(NCCc2n[nH]c(=S)n2C2CC2)nc2c1cnn2-c1ccccc1. The Bertz CT molecular complexity index is 1250. The molecule has 10 heteroatoms. The van der Waals surface area contributed by atoms with Crippen LogP contribution in [0.25, 0.3) is 16.7 Å². The van der Waals surface area contributed by atoms with E-state index < -0.39 is 0 Å². The van der Waals surface area contributed by atoms with Gasteiger partial charge in [-0.1, -0.05) is 18.2 Å². The highest BCUT2D eigenvalue weighted by molar-refractivity contribution is 7.71. The molecule has 0 saturated heterocycles. The standard InChI is InChI=1S/C18H18N8OS/c27-16-13-10-20-26(12-4-2-1-3-5-12)15(13)21-17(22-16)19-9-8-14-23-24-18(28)25(14)11-6-7-11/h1-5,10-11H,6-9H2,(H,24,28)(H2,19,21,22,27). The molecule has 4 aromatic rings. The molecule has 1 aliphatic rings. The fraction of sp³-hybridized carbons (Fsp3) is 0.278. The Morgan fingerprint density at radius 2 is 2.07 bits per heavy atom. The Labute approximate surface area is 164 Å². The van der Waals surface area contributed by atoms with Crippen molar-refractivity contribution >= 4 is 29.2 Å². The third-order valence-corrected chi connectivity index (χ3v) is 5.06. The van der Waals surface area contributed by atoms with Gasteiger partial charge in [0.2, 0.25) is 5.95 Å². The summed E-state index contributed by atoms with van der Waals surface area (Å²) >= 11 is 5.31. The first-order valence-electron chi connectivity index (χ1n) is 9.14. The first-order chi connectivity index (χ1) is 13.7. The van der Waals surface area contributed by atoms with E-state index in [1.165, 1.54) is 6.20 Å². The van der Waals surface area contributed by atoms with E-state index in [-0.39, 0.29) is 5.56 Å². The molecule has 3 heterocycles. The number of H-pyrrole nitrogens is 2. The fourth-order valence-electron chi connectivity index (χ4n) is 3.28. The zero-order valence-electron chi connectivity index (χ0n) is 14.9. The molecule has 9 nitrogen and oxygen atoms in total. The highest BCUT2D eigenvalue weighted by Gasteiger charge is 2.26. The van der Waals surface area contributed by atoms with Crippen molar-refractivity contribution in [1.82, 2.24) is 34.5 Å². The molecule has 1 saturated carbocycles. The van der Waals surface area contributed by atoms with Crippen molar-refractivity contribution in [2.75, 3.05) is 11.9 Å². The fourth-order valence-corrected chi connectivity index (χ4v) is 3.58. The van der Waals surface area contributed by atoms with Crippen LogP contribution < -0.4 is 10.9 Å². The third-order valence-electron chi connectivity index (χ3n) is 4.77. The lowest BCUT2D eigenvalue weighted by Gasteiger charge is -2.08. The predicted octanol–water partition coefficient (Wildman–Crippen LogP) is 2.35. The molecule has 5 rings (SSSR count). The number of para-hydroxylation sites is 1. The summed E-state index contributed by atoms with van der Waals surface area (Å²) in [5, 5.41) is 15.1. The topological polar surface area (TPSA) is 109 Å². The molecule has 0 atom stereocenters. The molecule has 0 aliphatic heterocycles. The number of aromatic nitrogens is 7. The number of hydrogen-bond donors (Lipinski definition) is 3. The highest BCUT2D eigenvalue weighted by atomic mass is 32.1. The number of benzene rings is 1. The first-order valence-corrected chi connectivity index (χ1v) is 9.54. The van der Waals surface area contributed by atoms with Gasteiger partial charge in [-0.3, -0.25) is 14.9 Å². The molecule has 1 aromatic carbocycles. The Morgan fingerprint density at radius 1 is 1.25 bits per heavy atom. The monoisotopic (exact) mass is 394 g/mol. The molecule has 142 valence electrons. The molecule has 0 amide bonds. The Hall–Kier alpha value is -3.27. The van der Waals surface area contributed by atoms with Crippen molar-refractivity contribution in [2.24, 2.45) is 0 Å². The van der Waals surface area contributed by atoms with E-state index >= 15 is 0 Å². The summed E-state index contributed by atoms with van der Waals surface area (Å²) in [7, 11) is 0. The molecule has 0 unspecified atom stereocenters. The Balaban J connectivity index is 1.39. The second kappa shape index (κ2) is 6.71. The van der Waals surface area contributed by atoms with Crippen LogP contribution in [-0.2, 0) is 6.42 Å². The maximum Gasteiger partial charge on any atom is 0.263 e. The first kappa shape index (κ1) is 16.9. The van der Waals surface area contributed by atoms with Gasteiger partial charge in [-0.25, -0.2) is 4.68 Å². The van der Waals surface area contributed by atoms with Crippen molar-refractivity contribution in [3.63, 3.8) is 0 Å². The van der Waals surface area contributed by atoms with Gasteiger partial charge in [0.15, 0.2) is 10.4 Å². The molecular formula is C18H18N8OS. The zero-order valence-corrected chi connectivity index (χ0v) is 15.7.